The van der Waals surface area contributed by atoms with Gasteiger partial charge in [0.25, 0.3) is 0 Å². The van der Waals surface area contributed by atoms with E-state index in [0.717, 1.165) is 36.2 Å². The zero-order chi connectivity index (χ0) is 14.1. The predicted molar refractivity (Wildman–Crippen MR) is 82.8 cm³/mol. The molecule has 0 saturated heterocycles. The van der Waals surface area contributed by atoms with Crippen LogP contribution in [-0.4, -0.2) is 26.9 Å². The van der Waals surface area contributed by atoms with Gasteiger partial charge in [0, 0.05) is 11.1 Å². The first-order valence-electron chi connectivity index (χ1n) is 6.87. The number of hydrogen-bond donors (Lipinski definition) is 1. The smallest absolute Gasteiger partial charge is 0.119 e. The second kappa shape index (κ2) is 9.34. The lowest BCUT2D eigenvalue weighted by Crippen LogP contribution is -2.27. The van der Waals surface area contributed by atoms with Gasteiger partial charge in [-0.1, -0.05) is 29.8 Å². The largest absolute Gasteiger partial charge is 0.497 e. The van der Waals surface area contributed by atoms with Crippen LogP contribution >= 0.6 is 15.9 Å². The Labute approximate surface area is 124 Å². The van der Waals surface area contributed by atoms with Crippen LogP contribution in [0.4, 0.5) is 0 Å². The highest BCUT2D eigenvalue weighted by Crippen LogP contribution is 2.28. The maximum Gasteiger partial charge on any atom is 0.119 e. The first kappa shape index (κ1) is 16.5. The molecule has 1 rings (SSSR count). The molecule has 0 amide bonds. The molecule has 4 heteroatoms. The molecular weight excluding hydrogens is 306 g/mol. The Morgan fingerprint density at radius 1 is 1.26 bits per heavy atom. The normalized spacial score (nSPS) is 12.4. The van der Waals surface area contributed by atoms with Gasteiger partial charge in [0.1, 0.15) is 5.75 Å². The Morgan fingerprint density at radius 2 is 2.05 bits per heavy atom. The minimum Gasteiger partial charge on any atom is -0.497 e. The molecule has 108 valence electrons. The van der Waals surface area contributed by atoms with E-state index in [1.54, 1.807) is 7.11 Å². The molecule has 1 aromatic carbocycles. The van der Waals surface area contributed by atoms with Gasteiger partial charge >= 0.3 is 0 Å². The summed E-state index contributed by atoms with van der Waals surface area (Å²) in [5.74, 6) is 0.872. The summed E-state index contributed by atoms with van der Waals surface area (Å²) >= 11 is 3.61. The minimum absolute atomic E-state index is 0.191. The molecule has 1 aromatic rings. The van der Waals surface area contributed by atoms with Crippen LogP contribution in [0.25, 0.3) is 0 Å². The summed E-state index contributed by atoms with van der Waals surface area (Å²) in [6, 6.07) is 6.23. The Balaban J connectivity index is 2.81. The van der Waals surface area contributed by atoms with Crippen molar-refractivity contribution in [1.29, 1.82) is 0 Å². The third kappa shape index (κ3) is 5.51. The molecule has 0 aliphatic heterocycles. The van der Waals surface area contributed by atoms with Crippen LogP contribution < -0.4 is 10.1 Å². The predicted octanol–water partition coefficient (Wildman–Crippen LogP) is 3.93. The molecule has 0 heterocycles. The quantitative estimate of drug-likeness (QED) is 0.696. The van der Waals surface area contributed by atoms with E-state index in [9.17, 15) is 0 Å². The van der Waals surface area contributed by atoms with Crippen LogP contribution in [0, 0.1) is 0 Å². The van der Waals surface area contributed by atoms with Gasteiger partial charge in [0.05, 0.1) is 19.8 Å². The Bertz CT molecular complexity index is 371. The van der Waals surface area contributed by atoms with Crippen molar-refractivity contribution in [2.24, 2.45) is 0 Å². The topological polar surface area (TPSA) is 30.5 Å². The van der Waals surface area contributed by atoms with Crippen LogP contribution in [0.3, 0.4) is 0 Å². The van der Waals surface area contributed by atoms with Gasteiger partial charge in [0.2, 0.25) is 0 Å². The Morgan fingerprint density at radius 3 is 2.68 bits per heavy atom. The lowest BCUT2D eigenvalue weighted by atomic mass is 10.1. The molecule has 1 N–H and O–H groups in total. The maximum atomic E-state index is 5.70. The number of benzene rings is 1. The van der Waals surface area contributed by atoms with Crippen molar-refractivity contribution >= 4 is 15.9 Å². The fraction of sp³-hybridized carbons (Fsp3) is 0.600. The Hall–Kier alpha value is -0.580. The molecule has 0 aromatic heterocycles. The second-order valence-corrected chi connectivity index (χ2v) is 5.32. The van der Waals surface area contributed by atoms with Crippen molar-refractivity contribution in [3.05, 3.63) is 28.2 Å². The number of methoxy groups -OCH3 is 1. The second-order valence-electron chi connectivity index (χ2n) is 4.47. The molecule has 0 aliphatic carbocycles. The minimum atomic E-state index is 0.191. The Kier molecular flexibility index (Phi) is 8.10. The highest BCUT2D eigenvalue weighted by atomic mass is 79.9. The monoisotopic (exact) mass is 329 g/mol. The van der Waals surface area contributed by atoms with Crippen molar-refractivity contribution in [3.63, 3.8) is 0 Å². The van der Waals surface area contributed by atoms with Crippen molar-refractivity contribution in [2.75, 3.05) is 26.9 Å². The van der Waals surface area contributed by atoms with E-state index in [0.29, 0.717) is 6.61 Å². The highest BCUT2D eigenvalue weighted by molar-refractivity contribution is 9.10. The van der Waals surface area contributed by atoms with Crippen molar-refractivity contribution in [1.82, 2.24) is 5.32 Å². The van der Waals surface area contributed by atoms with E-state index < -0.39 is 0 Å². The molecule has 0 fully saturated rings. The summed E-state index contributed by atoms with van der Waals surface area (Å²) in [7, 11) is 1.69. The first-order valence-corrected chi connectivity index (χ1v) is 7.66. The summed E-state index contributed by atoms with van der Waals surface area (Å²) in [5.41, 5.74) is 1.18. The van der Waals surface area contributed by atoms with E-state index in [4.69, 9.17) is 9.47 Å². The molecule has 0 saturated carbocycles. The third-order valence-corrected chi connectivity index (χ3v) is 3.57. The van der Waals surface area contributed by atoms with E-state index in [2.05, 4.69) is 41.2 Å². The lowest BCUT2D eigenvalue weighted by Gasteiger charge is -2.21. The summed E-state index contributed by atoms with van der Waals surface area (Å²) < 4.78 is 12.1. The average Bonchev–Trinajstić information content (AvgIpc) is 2.43. The zero-order valence-corrected chi connectivity index (χ0v) is 13.6. The number of rotatable bonds is 9. The van der Waals surface area contributed by atoms with Gasteiger partial charge in [0.15, 0.2) is 0 Å². The van der Waals surface area contributed by atoms with Gasteiger partial charge in [-0.3, -0.25) is 0 Å². The van der Waals surface area contributed by atoms with E-state index in [1.807, 2.05) is 12.1 Å². The van der Waals surface area contributed by atoms with Crippen LogP contribution in [0.5, 0.6) is 5.75 Å². The maximum absolute atomic E-state index is 5.70. The standard InChI is InChI=1S/C15H24BrNO2/c1-4-8-17-15(11-19-9-5-2)13-10-12(18-3)6-7-14(13)16/h6-7,10,15,17H,4-5,8-9,11H2,1-3H3. The van der Waals surface area contributed by atoms with Crippen molar-refractivity contribution < 1.29 is 9.47 Å². The van der Waals surface area contributed by atoms with E-state index >= 15 is 0 Å². The molecule has 19 heavy (non-hydrogen) atoms. The molecule has 1 atom stereocenters. The van der Waals surface area contributed by atoms with Gasteiger partial charge in [-0.2, -0.15) is 0 Å². The molecule has 0 aliphatic rings. The number of hydrogen-bond acceptors (Lipinski definition) is 3. The van der Waals surface area contributed by atoms with Crippen LogP contribution in [0.1, 0.15) is 38.3 Å². The molecule has 0 spiro atoms. The third-order valence-electron chi connectivity index (χ3n) is 2.85. The highest BCUT2D eigenvalue weighted by Gasteiger charge is 2.15. The number of halogens is 1. The summed E-state index contributed by atoms with van der Waals surface area (Å²) in [4.78, 5) is 0. The average molecular weight is 330 g/mol. The summed E-state index contributed by atoms with van der Waals surface area (Å²) in [6.45, 7) is 6.74. The van der Waals surface area contributed by atoms with Crippen LogP contribution in [0.2, 0.25) is 0 Å². The lowest BCUT2D eigenvalue weighted by molar-refractivity contribution is 0.111. The van der Waals surface area contributed by atoms with Gasteiger partial charge in [-0.15, -0.1) is 0 Å². The van der Waals surface area contributed by atoms with Gasteiger partial charge in [-0.05, 0) is 43.1 Å². The number of ether oxygens (including phenoxy) is 2. The summed E-state index contributed by atoms with van der Waals surface area (Å²) in [5, 5.41) is 3.53. The molecule has 0 radical (unpaired) electrons. The van der Waals surface area contributed by atoms with E-state index in [-0.39, 0.29) is 6.04 Å². The SMILES string of the molecule is CCCNC(COCCC)c1cc(OC)ccc1Br. The molecule has 0 bridgehead atoms. The van der Waals surface area contributed by atoms with Crippen molar-refractivity contribution in [3.8, 4) is 5.75 Å². The molecule has 1 unspecified atom stereocenters. The first-order chi connectivity index (χ1) is 9.22. The molecule has 3 nitrogen and oxygen atoms in total. The van der Waals surface area contributed by atoms with Crippen LogP contribution in [-0.2, 0) is 4.74 Å². The van der Waals surface area contributed by atoms with E-state index in [1.165, 1.54) is 5.56 Å². The summed E-state index contributed by atoms with van der Waals surface area (Å²) in [6.07, 6.45) is 2.14. The van der Waals surface area contributed by atoms with Gasteiger partial charge < -0.3 is 14.8 Å². The fourth-order valence-corrected chi connectivity index (χ4v) is 2.36. The van der Waals surface area contributed by atoms with Crippen molar-refractivity contribution in [2.45, 2.75) is 32.7 Å². The van der Waals surface area contributed by atoms with Gasteiger partial charge in [-0.25, -0.2) is 0 Å². The number of nitrogens with one attached hydrogen (secondary N) is 1. The zero-order valence-electron chi connectivity index (χ0n) is 12.0. The molecular formula is C15H24BrNO2. The van der Waals surface area contributed by atoms with Crippen LogP contribution in [0.15, 0.2) is 22.7 Å². The fourth-order valence-electron chi connectivity index (χ4n) is 1.84.